The second-order valence-electron chi connectivity index (χ2n) is 4.75. The Morgan fingerprint density at radius 1 is 0.810 bits per heavy atom. The van der Waals surface area contributed by atoms with Gasteiger partial charge in [0, 0.05) is 16.7 Å². The van der Waals surface area contributed by atoms with Crippen LogP contribution in [0.1, 0.15) is 15.9 Å². The molecule has 0 radical (unpaired) electrons. The number of carbonyl (C=O) groups excluding carboxylic acids is 1. The quantitative estimate of drug-likeness (QED) is 0.743. The van der Waals surface area contributed by atoms with Crippen molar-refractivity contribution in [2.75, 3.05) is 5.73 Å². The van der Waals surface area contributed by atoms with Crippen molar-refractivity contribution in [1.29, 1.82) is 0 Å². The Morgan fingerprint density at radius 2 is 1.48 bits per heavy atom. The van der Waals surface area contributed by atoms with Gasteiger partial charge in [0.2, 0.25) is 0 Å². The molecule has 0 saturated heterocycles. The van der Waals surface area contributed by atoms with E-state index in [2.05, 4.69) is 4.98 Å². The number of benzene rings is 2. The van der Waals surface area contributed by atoms with Crippen LogP contribution in [0.3, 0.4) is 0 Å². The highest BCUT2D eigenvalue weighted by atomic mass is 16.1. The van der Waals surface area contributed by atoms with E-state index in [9.17, 15) is 4.79 Å². The Hall–Kier alpha value is -2.94. The predicted molar refractivity (Wildman–Crippen MR) is 84.0 cm³/mol. The minimum Gasteiger partial charge on any atom is -0.397 e. The van der Waals surface area contributed by atoms with Crippen LogP contribution in [-0.2, 0) is 0 Å². The molecule has 21 heavy (non-hydrogen) atoms. The summed E-state index contributed by atoms with van der Waals surface area (Å²) in [6.45, 7) is 0. The van der Waals surface area contributed by atoms with Gasteiger partial charge in [0.05, 0.1) is 17.6 Å². The largest absolute Gasteiger partial charge is 0.397 e. The summed E-state index contributed by atoms with van der Waals surface area (Å²) in [6, 6.07) is 20.4. The number of pyridine rings is 1. The zero-order valence-corrected chi connectivity index (χ0v) is 11.4. The average molecular weight is 274 g/mol. The van der Waals surface area contributed by atoms with Crippen molar-refractivity contribution in [2.45, 2.75) is 0 Å². The molecule has 3 aromatic rings. The molecule has 0 saturated carbocycles. The van der Waals surface area contributed by atoms with E-state index in [-0.39, 0.29) is 5.78 Å². The molecule has 0 fully saturated rings. The van der Waals surface area contributed by atoms with Crippen LogP contribution >= 0.6 is 0 Å². The number of hydrogen-bond acceptors (Lipinski definition) is 3. The highest BCUT2D eigenvalue weighted by Gasteiger charge is 2.08. The molecule has 102 valence electrons. The second-order valence-corrected chi connectivity index (χ2v) is 4.75. The molecule has 0 bridgehead atoms. The van der Waals surface area contributed by atoms with Crippen molar-refractivity contribution in [1.82, 2.24) is 4.98 Å². The molecule has 2 aromatic carbocycles. The lowest BCUT2D eigenvalue weighted by Crippen LogP contribution is -2.00. The number of ketones is 1. The number of carbonyl (C=O) groups is 1. The molecule has 0 aliphatic rings. The molecule has 0 aliphatic heterocycles. The van der Waals surface area contributed by atoms with Crippen LogP contribution in [0.5, 0.6) is 0 Å². The van der Waals surface area contributed by atoms with E-state index >= 15 is 0 Å². The SMILES string of the molecule is Nc1ccc(-c2ccc(C(=O)c3ccccc3)cc2)nc1. The van der Waals surface area contributed by atoms with Gasteiger partial charge in [0.25, 0.3) is 0 Å². The van der Waals surface area contributed by atoms with Gasteiger partial charge in [0.1, 0.15) is 0 Å². The van der Waals surface area contributed by atoms with Gasteiger partial charge in [0.15, 0.2) is 5.78 Å². The first-order valence-corrected chi connectivity index (χ1v) is 6.66. The van der Waals surface area contributed by atoms with E-state index in [1.165, 1.54) is 0 Å². The smallest absolute Gasteiger partial charge is 0.193 e. The van der Waals surface area contributed by atoms with Gasteiger partial charge >= 0.3 is 0 Å². The number of aromatic nitrogens is 1. The summed E-state index contributed by atoms with van der Waals surface area (Å²) < 4.78 is 0. The van der Waals surface area contributed by atoms with E-state index in [1.807, 2.05) is 66.7 Å². The minimum atomic E-state index is 0.0208. The Kier molecular flexibility index (Phi) is 3.48. The number of nitrogens with zero attached hydrogens (tertiary/aromatic N) is 1. The van der Waals surface area contributed by atoms with Gasteiger partial charge in [-0.3, -0.25) is 9.78 Å². The van der Waals surface area contributed by atoms with E-state index in [4.69, 9.17) is 5.73 Å². The van der Waals surface area contributed by atoms with Gasteiger partial charge in [-0.05, 0) is 12.1 Å². The fraction of sp³-hybridized carbons (Fsp3) is 0. The summed E-state index contributed by atoms with van der Waals surface area (Å²) in [5.41, 5.74) is 9.41. The molecule has 3 rings (SSSR count). The van der Waals surface area contributed by atoms with Crippen LogP contribution < -0.4 is 5.73 Å². The van der Waals surface area contributed by atoms with Gasteiger partial charge in [-0.2, -0.15) is 0 Å². The lowest BCUT2D eigenvalue weighted by Gasteiger charge is -2.04. The molecule has 0 amide bonds. The van der Waals surface area contributed by atoms with Crippen molar-refractivity contribution in [3.8, 4) is 11.3 Å². The number of rotatable bonds is 3. The monoisotopic (exact) mass is 274 g/mol. The first-order valence-electron chi connectivity index (χ1n) is 6.66. The molecule has 0 aliphatic carbocycles. The van der Waals surface area contributed by atoms with Gasteiger partial charge < -0.3 is 5.73 Å². The summed E-state index contributed by atoms with van der Waals surface area (Å²) in [7, 11) is 0. The van der Waals surface area contributed by atoms with Crippen molar-refractivity contribution < 1.29 is 4.79 Å². The predicted octanol–water partition coefficient (Wildman–Crippen LogP) is 3.56. The van der Waals surface area contributed by atoms with Crippen molar-refractivity contribution >= 4 is 11.5 Å². The molecule has 1 heterocycles. The second kappa shape index (κ2) is 5.59. The lowest BCUT2D eigenvalue weighted by molar-refractivity contribution is 0.103. The fourth-order valence-electron chi connectivity index (χ4n) is 2.12. The Labute approximate surface area is 123 Å². The van der Waals surface area contributed by atoms with E-state index in [0.717, 1.165) is 11.3 Å². The summed E-state index contributed by atoms with van der Waals surface area (Å²) in [5.74, 6) is 0.0208. The maximum absolute atomic E-state index is 12.3. The molecular weight excluding hydrogens is 260 g/mol. The molecular formula is C18H14N2O. The lowest BCUT2D eigenvalue weighted by atomic mass is 10.0. The third-order valence-electron chi connectivity index (χ3n) is 3.27. The maximum Gasteiger partial charge on any atom is 0.193 e. The molecule has 2 N–H and O–H groups in total. The number of hydrogen-bond donors (Lipinski definition) is 1. The minimum absolute atomic E-state index is 0.0208. The van der Waals surface area contributed by atoms with Crippen LogP contribution in [0.15, 0.2) is 72.9 Å². The summed E-state index contributed by atoms with van der Waals surface area (Å²) >= 11 is 0. The standard InChI is InChI=1S/C18H14N2O/c19-16-10-11-17(20-12-16)13-6-8-15(9-7-13)18(21)14-4-2-1-3-5-14/h1-12H,19H2. The summed E-state index contributed by atoms with van der Waals surface area (Å²) in [6.07, 6.45) is 1.62. The van der Waals surface area contributed by atoms with Crippen molar-refractivity contribution in [2.24, 2.45) is 0 Å². The highest BCUT2D eigenvalue weighted by molar-refractivity contribution is 6.09. The van der Waals surface area contributed by atoms with Gasteiger partial charge in [-0.15, -0.1) is 0 Å². The first-order chi connectivity index (χ1) is 10.2. The topological polar surface area (TPSA) is 56.0 Å². The van der Waals surface area contributed by atoms with Crippen LogP contribution in [-0.4, -0.2) is 10.8 Å². The molecule has 0 unspecified atom stereocenters. The van der Waals surface area contributed by atoms with Crippen LogP contribution in [0.2, 0.25) is 0 Å². The Bertz CT molecular complexity index is 747. The van der Waals surface area contributed by atoms with Crippen molar-refractivity contribution in [3.63, 3.8) is 0 Å². The molecule has 3 heteroatoms. The number of anilines is 1. The normalized spacial score (nSPS) is 10.3. The average Bonchev–Trinajstić information content (AvgIpc) is 2.56. The molecule has 1 aromatic heterocycles. The van der Waals surface area contributed by atoms with E-state index in [1.54, 1.807) is 6.20 Å². The molecule has 3 nitrogen and oxygen atoms in total. The Balaban J connectivity index is 1.87. The Morgan fingerprint density at radius 3 is 2.10 bits per heavy atom. The first kappa shape index (κ1) is 13.1. The summed E-state index contributed by atoms with van der Waals surface area (Å²) in [4.78, 5) is 16.6. The fourth-order valence-corrected chi connectivity index (χ4v) is 2.12. The zero-order valence-electron chi connectivity index (χ0n) is 11.4. The van der Waals surface area contributed by atoms with E-state index in [0.29, 0.717) is 16.8 Å². The van der Waals surface area contributed by atoms with Crippen LogP contribution in [0, 0.1) is 0 Å². The molecule has 0 atom stereocenters. The third-order valence-corrected chi connectivity index (χ3v) is 3.27. The van der Waals surface area contributed by atoms with Crippen molar-refractivity contribution in [3.05, 3.63) is 84.1 Å². The molecule has 0 spiro atoms. The number of nitrogens with two attached hydrogens (primary N) is 1. The highest BCUT2D eigenvalue weighted by Crippen LogP contribution is 2.19. The third kappa shape index (κ3) is 2.82. The van der Waals surface area contributed by atoms with Gasteiger partial charge in [-0.1, -0.05) is 54.6 Å². The van der Waals surface area contributed by atoms with Crippen LogP contribution in [0.25, 0.3) is 11.3 Å². The summed E-state index contributed by atoms with van der Waals surface area (Å²) in [5, 5.41) is 0. The zero-order chi connectivity index (χ0) is 14.7. The van der Waals surface area contributed by atoms with E-state index < -0.39 is 0 Å². The van der Waals surface area contributed by atoms with Gasteiger partial charge in [-0.25, -0.2) is 0 Å². The maximum atomic E-state index is 12.3. The number of nitrogen functional groups attached to an aromatic ring is 1. The van der Waals surface area contributed by atoms with Crippen LogP contribution in [0.4, 0.5) is 5.69 Å².